The molecule has 0 aliphatic heterocycles. The lowest BCUT2D eigenvalue weighted by Gasteiger charge is -2.32. The SMILES string of the molecule is CCNC(=O)[C@@H](CC)N(Cc1ccc(Cl)cc1Cl)C(=O)CN(C)S(=O)(=O)c1ccc(Cl)cc1. The average Bonchev–Trinajstić information content (AvgIpc) is 2.75. The van der Waals surface area contributed by atoms with Crippen LogP contribution in [-0.4, -0.2) is 55.6 Å². The van der Waals surface area contributed by atoms with Gasteiger partial charge < -0.3 is 10.2 Å². The van der Waals surface area contributed by atoms with E-state index in [1.54, 1.807) is 32.0 Å². The highest BCUT2D eigenvalue weighted by Gasteiger charge is 2.32. The van der Waals surface area contributed by atoms with Gasteiger partial charge in [0.05, 0.1) is 11.4 Å². The quantitative estimate of drug-likeness (QED) is 0.495. The van der Waals surface area contributed by atoms with Crippen LogP contribution in [0.5, 0.6) is 0 Å². The van der Waals surface area contributed by atoms with Gasteiger partial charge in [-0.1, -0.05) is 47.8 Å². The van der Waals surface area contributed by atoms with Crippen LogP contribution >= 0.6 is 34.8 Å². The number of hydrogen-bond acceptors (Lipinski definition) is 4. The number of halogens is 3. The second-order valence-corrected chi connectivity index (χ2v) is 10.6. The Balaban J connectivity index is 2.35. The number of nitrogens with one attached hydrogen (secondary N) is 1. The zero-order chi connectivity index (χ0) is 24.8. The minimum absolute atomic E-state index is 0.00487. The number of carbonyl (C=O) groups is 2. The summed E-state index contributed by atoms with van der Waals surface area (Å²) in [5.41, 5.74) is 0.584. The highest BCUT2D eigenvalue weighted by molar-refractivity contribution is 7.89. The second-order valence-electron chi connectivity index (χ2n) is 7.29. The first-order chi connectivity index (χ1) is 15.5. The van der Waals surface area contributed by atoms with Gasteiger partial charge in [0.1, 0.15) is 6.04 Å². The van der Waals surface area contributed by atoms with Crippen molar-refractivity contribution in [3.8, 4) is 0 Å². The Morgan fingerprint density at radius 3 is 2.15 bits per heavy atom. The first-order valence-corrected chi connectivity index (χ1v) is 12.8. The fourth-order valence-electron chi connectivity index (χ4n) is 3.20. The molecule has 1 atom stereocenters. The molecule has 2 rings (SSSR count). The maximum Gasteiger partial charge on any atom is 0.243 e. The third-order valence-electron chi connectivity index (χ3n) is 4.97. The first-order valence-electron chi connectivity index (χ1n) is 10.2. The Labute approximate surface area is 209 Å². The summed E-state index contributed by atoms with van der Waals surface area (Å²) < 4.78 is 26.8. The van der Waals surface area contributed by atoms with Crippen LogP contribution in [0.3, 0.4) is 0 Å². The summed E-state index contributed by atoms with van der Waals surface area (Å²) in [6.45, 7) is 3.49. The third kappa shape index (κ3) is 7.07. The number of rotatable bonds is 10. The second kappa shape index (κ2) is 12.0. The van der Waals surface area contributed by atoms with E-state index in [0.717, 1.165) is 4.31 Å². The lowest BCUT2D eigenvalue weighted by molar-refractivity contribution is -0.141. The van der Waals surface area contributed by atoms with Crippen molar-refractivity contribution in [2.75, 3.05) is 20.1 Å². The molecule has 0 saturated carbocycles. The Hall–Kier alpha value is -1.84. The number of carbonyl (C=O) groups excluding carboxylic acids is 2. The molecule has 2 aromatic carbocycles. The first kappa shape index (κ1) is 27.4. The normalized spacial score (nSPS) is 12.5. The summed E-state index contributed by atoms with van der Waals surface area (Å²) in [5.74, 6) is -0.874. The maximum atomic E-state index is 13.3. The van der Waals surface area contributed by atoms with Crippen molar-refractivity contribution in [1.82, 2.24) is 14.5 Å². The van der Waals surface area contributed by atoms with E-state index in [1.807, 2.05) is 0 Å². The highest BCUT2D eigenvalue weighted by atomic mass is 35.5. The summed E-state index contributed by atoms with van der Waals surface area (Å²) >= 11 is 18.1. The van der Waals surface area contributed by atoms with Crippen molar-refractivity contribution in [1.29, 1.82) is 0 Å². The van der Waals surface area contributed by atoms with Crippen LogP contribution in [0.4, 0.5) is 0 Å². The van der Waals surface area contributed by atoms with Gasteiger partial charge in [-0.25, -0.2) is 8.42 Å². The Kier molecular flexibility index (Phi) is 10.00. The predicted molar refractivity (Wildman–Crippen MR) is 131 cm³/mol. The molecule has 0 aliphatic carbocycles. The van der Waals surface area contributed by atoms with Gasteiger partial charge in [0.25, 0.3) is 0 Å². The molecule has 2 aromatic rings. The molecule has 0 unspecified atom stereocenters. The van der Waals surface area contributed by atoms with Crippen LogP contribution in [-0.2, 0) is 26.2 Å². The Bertz CT molecular complexity index is 1090. The lowest BCUT2D eigenvalue weighted by Crippen LogP contribution is -2.51. The number of benzene rings is 2. The molecular weight excluding hydrogens is 509 g/mol. The van der Waals surface area contributed by atoms with Crippen molar-refractivity contribution in [2.24, 2.45) is 0 Å². The van der Waals surface area contributed by atoms with Crippen LogP contribution in [0.15, 0.2) is 47.4 Å². The summed E-state index contributed by atoms with van der Waals surface area (Å²) in [6.07, 6.45) is 0.330. The Morgan fingerprint density at radius 2 is 1.61 bits per heavy atom. The molecule has 0 spiro atoms. The number of amides is 2. The monoisotopic (exact) mass is 533 g/mol. The molecule has 0 aromatic heterocycles. The smallest absolute Gasteiger partial charge is 0.243 e. The van der Waals surface area contributed by atoms with Gasteiger partial charge >= 0.3 is 0 Å². The molecule has 180 valence electrons. The Morgan fingerprint density at radius 1 is 1.00 bits per heavy atom. The summed E-state index contributed by atoms with van der Waals surface area (Å²) in [6, 6.07) is 9.70. The van der Waals surface area contributed by atoms with Gasteiger partial charge in [0.15, 0.2) is 0 Å². The summed E-state index contributed by atoms with van der Waals surface area (Å²) in [4.78, 5) is 27.4. The van der Waals surface area contributed by atoms with Crippen molar-refractivity contribution in [3.05, 3.63) is 63.1 Å². The fraction of sp³-hybridized carbons (Fsp3) is 0.364. The molecule has 0 aliphatic rings. The van der Waals surface area contributed by atoms with Gasteiger partial charge in [-0.05, 0) is 55.3 Å². The molecule has 0 heterocycles. The topological polar surface area (TPSA) is 86.8 Å². The molecule has 1 N–H and O–H groups in total. The summed E-state index contributed by atoms with van der Waals surface area (Å²) in [5, 5.41) is 3.90. The largest absolute Gasteiger partial charge is 0.355 e. The van der Waals surface area contributed by atoms with E-state index >= 15 is 0 Å². The number of sulfonamides is 1. The lowest BCUT2D eigenvalue weighted by atomic mass is 10.1. The predicted octanol–water partition coefficient (Wildman–Crippen LogP) is 4.21. The van der Waals surface area contributed by atoms with Gasteiger partial charge in [0, 0.05) is 35.2 Å². The van der Waals surface area contributed by atoms with Gasteiger partial charge in [-0.2, -0.15) is 4.31 Å². The highest BCUT2D eigenvalue weighted by Crippen LogP contribution is 2.24. The molecule has 2 amide bonds. The standard InChI is InChI=1S/C22H26Cl3N3O4S/c1-4-20(22(30)26-5-2)28(13-15-6-7-17(24)12-19(15)25)21(29)14-27(3)33(31,32)18-10-8-16(23)9-11-18/h6-12,20H,4-5,13-14H2,1-3H3,(H,26,30)/t20-/m1/s1. The molecular formula is C22H26Cl3N3O4S. The van der Waals surface area contributed by atoms with Crippen molar-refractivity contribution in [2.45, 2.75) is 37.8 Å². The minimum Gasteiger partial charge on any atom is -0.355 e. The number of nitrogens with zero attached hydrogens (tertiary/aromatic N) is 2. The van der Waals surface area contributed by atoms with E-state index in [2.05, 4.69) is 5.32 Å². The van der Waals surface area contributed by atoms with E-state index in [-0.39, 0.29) is 17.3 Å². The third-order valence-corrected chi connectivity index (χ3v) is 7.63. The fourth-order valence-corrected chi connectivity index (χ4v) is 4.91. The molecule has 33 heavy (non-hydrogen) atoms. The minimum atomic E-state index is -3.95. The number of hydrogen-bond donors (Lipinski definition) is 1. The number of likely N-dealkylation sites (N-methyl/N-ethyl adjacent to an activating group) is 2. The van der Waals surface area contributed by atoms with E-state index < -0.39 is 28.5 Å². The molecule has 0 radical (unpaired) electrons. The van der Waals surface area contributed by atoms with E-state index in [1.165, 1.54) is 36.2 Å². The van der Waals surface area contributed by atoms with Crippen LogP contribution in [0.1, 0.15) is 25.8 Å². The van der Waals surface area contributed by atoms with Gasteiger partial charge in [0.2, 0.25) is 21.8 Å². The average molecular weight is 535 g/mol. The zero-order valence-corrected chi connectivity index (χ0v) is 21.6. The summed E-state index contributed by atoms with van der Waals surface area (Å²) in [7, 11) is -2.64. The maximum absolute atomic E-state index is 13.3. The molecule has 11 heteroatoms. The van der Waals surface area contributed by atoms with Crippen molar-refractivity contribution in [3.63, 3.8) is 0 Å². The van der Waals surface area contributed by atoms with E-state index in [0.29, 0.717) is 33.6 Å². The molecule has 7 nitrogen and oxygen atoms in total. The van der Waals surface area contributed by atoms with Crippen LogP contribution in [0.2, 0.25) is 15.1 Å². The van der Waals surface area contributed by atoms with Crippen molar-refractivity contribution < 1.29 is 18.0 Å². The van der Waals surface area contributed by atoms with Crippen molar-refractivity contribution >= 4 is 56.6 Å². The van der Waals surface area contributed by atoms with E-state index in [4.69, 9.17) is 34.8 Å². The van der Waals surface area contributed by atoms with Crippen LogP contribution in [0.25, 0.3) is 0 Å². The molecule has 0 fully saturated rings. The molecule has 0 bridgehead atoms. The van der Waals surface area contributed by atoms with Crippen LogP contribution in [0, 0.1) is 0 Å². The van der Waals surface area contributed by atoms with Gasteiger partial charge in [-0.15, -0.1) is 0 Å². The van der Waals surface area contributed by atoms with Crippen LogP contribution < -0.4 is 5.32 Å². The zero-order valence-electron chi connectivity index (χ0n) is 18.5. The molecule has 0 saturated heterocycles. The van der Waals surface area contributed by atoms with E-state index in [9.17, 15) is 18.0 Å². The van der Waals surface area contributed by atoms with Gasteiger partial charge in [-0.3, -0.25) is 9.59 Å².